The van der Waals surface area contributed by atoms with E-state index in [9.17, 15) is 13.6 Å². The first-order valence-electron chi connectivity index (χ1n) is 7.38. The Hall–Kier alpha value is -1.80. The Balaban J connectivity index is 1.70. The summed E-state index contributed by atoms with van der Waals surface area (Å²) >= 11 is 4.19. The smallest absolute Gasteiger partial charge is 0.274 e. The molecule has 0 aliphatic carbocycles. The van der Waals surface area contributed by atoms with Crippen LogP contribution < -0.4 is 0 Å². The number of nitrogens with zero attached hydrogens (tertiary/aromatic N) is 3. The summed E-state index contributed by atoms with van der Waals surface area (Å²) in [5.74, 6) is -1.11. The van der Waals surface area contributed by atoms with Crippen molar-refractivity contribution < 1.29 is 13.6 Å². The largest absolute Gasteiger partial charge is 0.330 e. The lowest BCUT2D eigenvalue weighted by molar-refractivity contribution is 0.0669. The fourth-order valence-electron chi connectivity index (χ4n) is 3.10. The maximum Gasteiger partial charge on any atom is 0.274 e. The van der Waals surface area contributed by atoms with Crippen LogP contribution in [-0.2, 0) is 6.42 Å². The summed E-state index contributed by atoms with van der Waals surface area (Å²) in [5, 5.41) is 3.49. The minimum absolute atomic E-state index is 0.279. The third kappa shape index (κ3) is 2.36. The van der Waals surface area contributed by atoms with Crippen LogP contribution in [0, 0.1) is 10.9 Å². The Morgan fingerprint density at radius 2 is 2.21 bits per heavy atom. The number of hydrogen-bond donors (Lipinski definition) is 0. The van der Waals surface area contributed by atoms with Gasteiger partial charge in [-0.2, -0.15) is 9.49 Å². The van der Waals surface area contributed by atoms with Crippen LogP contribution in [0.15, 0.2) is 28.9 Å². The number of aromatic nitrogens is 2. The van der Waals surface area contributed by atoms with Crippen molar-refractivity contribution in [2.24, 2.45) is 0 Å². The molecule has 0 saturated carbocycles. The predicted octanol–water partition coefficient (Wildman–Crippen LogP) is 4.20. The second-order valence-corrected chi connectivity index (χ2v) is 7.67. The Bertz CT molecular complexity index is 968. The van der Waals surface area contributed by atoms with Gasteiger partial charge in [0.15, 0.2) is 11.5 Å². The van der Waals surface area contributed by atoms with Crippen molar-refractivity contribution >= 4 is 38.7 Å². The zero-order valence-corrected chi connectivity index (χ0v) is 15.0. The molecule has 1 atom stereocenters. The van der Waals surface area contributed by atoms with Gasteiger partial charge in [-0.3, -0.25) is 4.79 Å². The van der Waals surface area contributed by atoms with E-state index in [1.807, 2.05) is 12.1 Å². The van der Waals surface area contributed by atoms with Crippen molar-refractivity contribution in [1.82, 2.24) is 14.5 Å². The molecule has 0 radical (unpaired) electrons. The monoisotopic (exact) mass is 411 g/mol. The Morgan fingerprint density at radius 3 is 3.00 bits per heavy atom. The number of carbonyl (C=O) groups excluding carboxylic acids is 1. The van der Waals surface area contributed by atoms with Gasteiger partial charge in [0.25, 0.3) is 5.91 Å². The lowest BCUT2D eigenvalue weighted by Crippen LogP contribution is -2.38. The van der Waals surface area contributed by atoms with Crippen molar-refractivity contribution in [2.75, 3.05) is 6.54 Å². The molecule has 0 saturated heterocycles. The summed E-state index contributed by atoms with van der Waals surface area (Å²) in [6.07, 6.45) is 2.22. The molecule has 24 heavy (non-hydrogen) atoms. The molecule has 1 unspecified atom stereocenters. The summed E-state index contributed by atoms with van der Waals surface area (Å²) < 4.78 is 30.0. The number of hydrogen-bond acceptors (Lipinski definition) is 3. The van der Waals surface area contributed by atoms with Crippen LogP contribution in [0.1, 0.15) is 33.9 Å². The maximum atomic E-state index is 14.0. The van der Waals surface area contributed by atoms with Gasteiger partial charge in [0.05, 0.1) is 11.6 Å². The van der Waals surface area contributed by atoms with Crippen LogP contribution in [0.2, 0.25) is 0 Å². The third-order valence-electron chi connectivity index (χ3n) is 4.29. The highest BCUT2D eigenvalue weighted by Gasteiger charge is 2.34. The third-order valence-corrected chi connectivity index (χ3v) is 5.79. The van der Waals surface area contributed by atoms with Gasteiger partial charge in [-0.15, -0.1) is 11.3 Å². The molecule has 3 aromatic rings. The first-order chi connectivity index (χ1) is 11.5. The van der Waals surface area contributed by atoms with Gasteiger partial charge < -0.3 is 4.90 Å². The van der Waals surface area contributed by atoms with Crippen molar-refractivity contribution in [1.29, 1.82) is 0 Å². The van der Waals surface area contributed by atoms with E-state index in [0.29, 0.717) is 29.1 Å². The standard InChI is InChI=1S/C16H12BrF2N3OS/c1-8-13-12(24-15(19)14(13)18)4-5-21(8)16(23)11-6-10-3-2-9(17)7-22(10)20-11/h2-3,6-8H,4-5H2,1H3. The van der Waals surface area contributed by atoms with Crippen LogP contribution in [0.25, 0.3) is 5.52 Å². The highest BCUT2D eigenvalue weighted by molar-refractivity contribution is 9.10. The van der Waals surface area contributed by atoms with E-state index in [1.165, 1.54) is 0 Å². The van der Waals surface area contributed by atoms with Gasteiger partial charge >= 0.3 is 0 Å². The van der Waals surface area contributed by atoms with Gasteiger partial charge in [-0.25, -0.2) is 8.91 Å². The summed E-state index contributed by atoms with van der Waals surface area (Å²) in [7, 11) is 0. The highest BCUT2D eigenvalue weighted by Crippen LogP contribution is 2.38. The SMILES string of the molecule is CC1c2c(sc(F)c2F)CCN1C(=O)c1cc2ccc(Br)cn2n1. The van der Waals surface area contributed by atoms with Gasteiger partial charge in [0.1, 0.15) is 0 Å². The molecular weight excluding hydrogens is 400 g/mol. The predicted molar refractivity (Wildman–Crippen MR) is 90.3 cm³/mol. The zero-order valence-electron chi connectivity index (χ0n) is 12.6. The molecule has 0 spiro atoms. The number of thiophene rings is 1. The lowest BCUT2D eigenvalue weighted by Gasteiger charge is -2.33. The van der Waals surface area contributed by atoms with Crippen LogP contribution in [0.5, 0.6) is 0 Å². The molecule has 0 aromatic carbocycles. The van der Waals surface area contributed by atoms with Gasteiger partial charge in [-0.05, 0) is 47.5 Å². The van der Waals surface area contributed by atoms with E-state index in [-0.39, 0.29) is 5.91 Å². The Morgan fingerprint density at radius 1 is 1.42 bits per heavy atom. The zero-order chi connectivity index (χ0) is 17.0. The average Bonchev–Trinajstić information content (AvgIpc) is 3.09. The summed E-state index contributed by atoms with van der Waals surface area (Å²) in [6, 6.07) is 4.89. The number of amides is 1. The van der Waals surface area contributed by atoms with E-state index < -0.39 is 17.0 Å². The Kier molecular flexibility index (Phi) is 3.69. The lowest BCUT2D eigenvalue weighted by atomic mass is 10.0. The van der Waals surface area contributed by atoms with E-state index in [2.05, 4.69) is 21.0 Å². The van der Waals surface area contributed by atoms with Crippen LogP contribution in [-0.4, -0.2) is 27.0 Å². The molecule has 1 aliphatic heterocycles. The van der Waals surface area contributed by atoms with Crippen LogP contribution in [0.4, 0.5) is 8.78 Å². The number of fused-ring (bicyclic) bond motifs is 2. The number of halogens is 3. The molecule has 8 heteroatoms. The molecule has 4 nitrogen and oxygen atoms in total. The molecule has 4 rings (SSSR count). The first-order valence-corrected chi connectivity index (χ1v) is 8.99. The topological polar surface area (TPSA) is 37.6 Å². The summed E-state index contributed by atoms with van der Waals surface area (Å²) in [6.45, 7) is 2.14. The molecule has 1 amide bonds. The quantitative estimate of drug-likeness (QED) is 0.601. The van der Waals surface area contributed by atoms with Crippen molar-refractivity contribution in [3.63, 3.8) is 0 Å². The van der Waals surface area contributed by atoms with Crippen molar-refractivity contribution in [2.45, 2.75) is 19.4 Å². The fourth-order valence-corrected chi connectivity index (χ4v) is 4.41. The second kappa shape index (κ2) is 5.63. The van der Waals surface area contributed by atoms with Gasteiger partial charge in [0.2, 0.25) is 5.13 Å². The van der Waals surface area contributed by atoms with E-state index in [1.54, 1.807) is 28.6 Å². The summed E-state index contributed by atoms with van der Waals surface area (Å²) in [4.78, 5) is 15.0. The number of pyridine rings is 1. The Labute approximate surface area is 148 Å². The van der Waals surface area contributed by atoms with Gasteiger partial charge in [0, 0.05) is 27.7 Å². The van der Waals surface area contributed by atoms with Crippen LogP contribution in [0.3, 0.4) is 0 Å². The molecule has 4 heterocycles. The van der Waals surface area contributed by atoms with E-state index in [0.717, 1.165) is 21.3 Å². The minimum Gasteiger partial charge on any atom is -0.330 e. The molecule has 0 fully saturated rings. The highest BCUT2D eigenvalue weighted by atomic mass is 79.9. The van der Waals surface area contributed by atoms with E-state index in [4.69, 9.17) is 0 Å². The average molecular weight is 412 g/mol. The number of rotatable bonds is 1. The second-order valence-electron chi connectivity index (χ2n) is 5.70. The summed E-state index contributed by atoms with van der Waals surface area (Å²) in [5.41, 5.74) is 1.38. The normalized spacial score (nSPS) is 17.3. The molecule has 1 aliphatic rings. The minimum atomic E-state index is -0.834. The molecule has 3 aromatic heterocycles. The van der Waals surface area contributed by atoms with E-state index >= 15 is 0 Å². The van der Waals surface area contributed by atoms with Crippen molar-refractivity contribution in [3.05, 3.63) is 56.0 Å². The fraction of sp³-hybridized carbons (Fsp3) is 0.250. The first kappa shape index (κ1) is 15.7. The molecular formula is C16H12BrF2N3OS. The molecule has 124 valence electrons. The van der Waals surface area contributed by atoms with Crippen LogP contribution >= 0.6 is 27.3 Å². The van der Waals surface area contributed by atoms with Crippen molar-refractivity contribution in [3.8, 4) is 0 Å². The molecule has 0 bridgehead atoms. The van der Waals surface area contributed by atoms with Gasteiger partial charge in [-0.1, -0.05) is 0 Å². The molecule has 0 N–H and O–H groups in total. The number of carbonyl (C=O) groups is 1. The maximum absolute atomic E-state index is 14.0.